The lowest BCUT2D eigenvalue weighted by molar-refractivity contribution is 0.162. The van der Waals surface area contributed by atoms with Crippen molar-refractivity contribution < 1.29 is 9.59 Å². The van der Waals surface area contributed by atoms with Crippen LogP contribution in [-0.2, 0) is 0 Å². The molecule has 1 saturated heterocycles. The quantitative estimate of drug-likeness (QED) is 0.773. The molecule has 5 heteroatoms. The summed E-state index contributed by atoms with van der Waals surface area (Å²) in [4.78, 5) is 26.7. The summed E-state index contributed by atoms with van der Waals surface area (Å²) in [6.45, 7) is 6.76. The Kier molecular flexibility index (Phi) is 5.80. The Labute approximate surface area is 103 Å². The summed E-state index contributed by atoms with van der Waals surface area (Å²) in [5.41, 5.74) is 0. The number of hydrogen-bond acceptors (Lipinski definition) is 2. The Morgan fingerprint density at radius 3 is 2.29 bits per heavy atom. The maximum atomic E-state index is 12.2. The van der Waals surface area contributed by atoms with Crippen LogP contribution in [0.1, 0.15) is 39.5 Å². The number of rotatable bonds is 6. The van der Waals surface area contributed by atoms with E-state index in [2.05, 4.69) is 19.2 Å². The summed E-state index contributed by atoms with van der Waals surface area (Å²) in [6.07, 6.45) is 4.10. The molecule has 1 rings (SSSR count). The summed E-state index contributed by atoms with van der Waals surface area (Å²) >= 11 is 0. The lowest BCUT2D eigenvalue weighted by Gasteiger charge is -2.26. The van der Waals surface area contributed by atoms with E-state index in [0.717, 1.165) is 38.8 Å². The van der Waals surface area contributed by atoms with Crippen molar-refractivity contribution in [2.75, 3.05) is 26.2 Å². The average Bonchev–Trinajstić information content (AvgIpc) is 2.75. The highest BCUT2D eigenvalue weighted by Crippen LogP contribution is 2.07. The second kappa shape index (κ2) is 7.14. The first-order valence-corrected chi connectivity index (χ1v) is 6.55. The lowest BCUT2D eigenvalue weighted by atomic mass is 10.3. The molecule has 98 valence electrons. The minimum absolute atomic E-state index is 0.137. The van der Waals surface area contributed by atoms with Gasteiger partial charge in [0, 0.05) is 26.2 Å². The number of unbranched alkanes of at least 4 members (excludes halogenated alkanes) is 2. The van der Waals surface area contributed by atoms with E-state index in [0.29, 0.717) is 13.1 Å². The molecule has 0 saturated carbocycles. The summed E-state index contributed by atoms with van der Waals surface area (Å²) in [7, 11) is 0. The highest BCUT2D eigenvalue weighted by Gasteiger charge is 2.29. The van der Waals surface area contributed by atoms with Crippen molar-refractivity contribution in [3.8, 4) is 0 Å². The fourth-order valence-corrected chi connectivity index (χ4v) is 1.83. The fraction of sp³-hybridized carbons (Fsp3) is 0.833. The Balaban J connectivity index is 2.54. The van der Waals surface area contributed by atoms with Gasteiger partial charge in [-0.2, -0.15) is 0 Å². The SMILES string of the molecule is CCCCN(CCCC)C(=O)N1CCNC1=O. The van der Waals surface area contributed by atoms with Gasteiger partial charge >= 0.3 is 12.1 Å². The van der Waals surface area contributed by atoms with Gasteiger partial charge in [-0.1, -0.05) is 26.7 Å². The molecule has 0 aromatic carbocycles. The number of hydrogen-bond donors (Lipinski definition) is 1. The molecule has 5 nitrogen and oxygen atoms in total. The smallest absolute Gasteiger partial charge is 0.328 e. The zero-order chi connectivity index (χ0) is 12.7. The van der Waals surface area contributed by atoms with Crippen LogP contribution in [0.2, 0.25) is 0 Å². The summed E-state index contributed by atoms with van der Waals surface area (Å²) in [5.74, 6) is 0. The van der Waals surface area contributed by atoms with Crippen molar-refractivity contribution in [1.82, 2.24) is 15.1 Å². The van der Waals surface area contributed by atoms with Crippen molar-refractivity contribution in [2.45, 2.75) is 39.5 Å². The highest BCUT2D eigenvalue weighted by atomic mass is 16.2. The van der Waals surface area contributed by atoms with E-state index >= 15 is 0 Å². The van der Waals surface area contributed by atoms with Crippen LogP contribution >= 0.6 is 0 Å². The molecule has 0 unspecified atom stereocenters. The summed E-state index contributed by atoms with van der Waals surface area (Å²) in [6, 6.07) is -0.394. The van der Waals surface area contributed by atoms with Gasteiger partial charge in [-0.3, -0.25) is 0 Å². The van der Waals surface area contributed by atoms with Crippen LogP contribution in [0.5, 0.6) is 0 Å². The van der Waals surface area contributed by atoms with E-state index in [4.69, 9.17) is 0 Å². The normalized spacial score (nSPS) is 14.9. The highest BCUT2D eigenvalue weighted by molar-refractivity contribution is 5.94. The average molecular weight is 241 g/mol. The number of nitrogens with zero attached hydrogens (tertiary/aromatic N) is 2. The summed E-state index contributed by atoms with van der Waals surface area (Å²) < 4.78 is 0. The molecule has 1 aliphatic heterocycles. The zero-order valence-electron chi connectivity index (χ0n) is 10.9. The number of carbonyl (C=O) groups is 2. The third-order valence-corrected chi connectivity index (χ3v) is 2.92. The first-order chi connectivity index (χ1) is 8.20. The molecular formula is C12H23N3O2. The van der Waals surface area contributed by atoms with Crippen LogP contribution in [0.15, 0.2) is 0 Å². The maximum absolute atomic E-state index is 12.2. The van der Waals surface area contributed by atoms with Crippen LogP contribution < -0.4 is 5.32 Å². The van der Waals surface area contributed by atoms with E-state index in [9.17, 15) is 9.59 Å². The molecule has 0 atom stereocenters. The van der Waals surface area contributed by atoms with Crippen molar-refractivity contribution in [3.63, 3.8) is 0 Å². The first-order valence-electron chi connectivity index (χ1n) is 6.55. The van der Waals surface area contributed by atoms with Gasteiger partial charge in [0.1, 0.15) is 0 Å². The minimum Gasteiger partial charge on any atom is -0.336 e. The van der Waals surface area contributed by atoms with Gasteiger partial charge in [-0.25, -0.2) is 14.5 Å². The van der Waals surface area contributed by atoms with Gasteiger partial charge in [-0.15, -0.1) is 0 Å². The Hall–Kier alpha value is -1.26. The standard InChI is InChI=1S/C12H23N3O2/c1-3-5-8-14(9-6-4-2)12(17)15-10-7-13-11(15)16/h3-10H2,1-2H3,(H,13,16). The molecule has 0 radical (unpaired) electrons. The van der Waals surface area contributed by atoms with Gasteiger partial charge in [0.05, 0.1) is 0 Å². The Bertz CT molecular complexity index is 260. The predicted octanol–water partition coefficient (Wildman–Crippen LogP) is 2.03. The number of amides is 4. The third kappa shape index (κ3) is 3.91. The van der Waals surface area contributed by atoms with Crippen LogP contribution in [0.25, 0.3) is 0 Å². The molecule has 0 spiro atoms. The van der Waals surface area contributed by atoms with Gasteiger partial charge in [0.2, 0.25) is 0 Å². The van der Waals surface area contributed by atoms with Crippen molar-refractivity contribution in [1.29, 1.82) is 0 Å². The lowest BCUT2D eigenvalue weighted by Crippen LogP contribution is -2.45. The largest absolute Gasteiger partial charge is 0.336 e. The topological polar surface area (TPSA) is 52.7 Å². The van der Waals surface area contributed by atoms with Crippen LogP contribution in [0.3, 0.4) is 0 Å². The number of imide groups is 1. The summed E-state index contributed by atoms with van der Waals surface area (Å²) in [5, 5.41) is 2.66. The maximum Gasteiger partial charge on any atom is 0.328 e. The van der Waals surface area contributed by atoms with E-state index < -0.39 is 0 Å². The van der Waals surface area contributed by atoms with Gasteiger partial charge in [0.25, 0.3) is 0 Å². The van der Waals surface area contributed by atoms with Gasteiger partial charge in [0.15, 0.2) is 0 Å². The third-order valence-electron chi connectivity index (χ3n) is 2.92. The van der Waals surface area contributed by atoms with E-state index in [1.54, 1.807) is 4.90 Å². The first kappa shape index (κ1) is 13.8. The molecule has 0 aromatic rings. The van der Waals surface area contributed by atoms with E-state index in [-0.39, 0.29) is 12.1 Å². The molecule has 1 aliphatic rings. The Morgan fingerprint density at radius 1 is 1.29 bits per heavy atom. The monoisotopic (exact) mass is 241 g/mol. The molecule has 0 bridgehead atoms. The van der Waals surface area contributed by atoms with Crippen molar-refractivity contribution >= 4 is 12.1 Å². The van der Waals surface area contributed by atoms with Gasteiger partial charge in [-0.05, 0) is 12.8 Å². The molecule has 1 fully saturated rings. The molecular weight excluding hydrogens is 218 g/mol. The molecule has 1 heterocycles. The molecule has 17 heavy (non-hydrogen) atoms. The van der Waals surface area contributed by atoms with Crippen LogP contribution in [0.4, 0.5) is 9.59 Å². The van der Waals surface area contributed by atoms with Gasteiger partial charge < -0.3 is 10.2 Å². The van der Waals surface area contributed by atoms with Crippen LogP contribution in [0, 0.1) is 0 Å². The number of urea groups is 2. The predicted molar refractivity (Wildman–Crippen MR) is 66.9 cm³/mol. The number of nitrogens with one attached hydrogen (secondary N) is 1. The second-order valence-electron chi connectivity index (χ2n) is 4.36. The zero-order valence-corrected chi connectivity index (χ0v) is 10.9. The van der Waals surface area contributed by atoms with E-state index in [1.807, 2.05) is 0 Å². The second-order valence-corrected chi connectivity index (χ2v) is 4.36. The molecule has 4 amide bonds. The van der Waals surface area contributed by atoms with Crippen LogP contribution in [-0.4, -0.2) is 48.0 Å². The Morgan fingerprint density at radius 2 is 1.88 bits per heavy atom. The van der Waals surface area contributed by atoms with Crippen molar-refractivity contribution in [3.05, 3.63) is 0 Å². The molecule has 0 aliphatic carbocycles. The number of carbonyl (C=O) groups excluding carboxylic acids is 2. The van der Waals surface area contributed by atoms with Crippen molar-refractivity contribution in [2.24, 2.45) is 0 Å². The fourth-order valence-electron chi connectivity index (χ4n) is 1.83. The molecule has 1 N–H and O–H groups in total. The molecule has 0 aromatic heterocycles. The minimum atomic E-state index is -0.256. The van der Waals surface area contributed by atoms with E-state index in [1.165, 1.54) is 4.90 Å².